The molecule has 3 fully saturated rings. The molecule has 0 unspecified atom stereocenters. The summed E-state index contributed by atoms with van der Waals surface area (Å²) in [6, 6.07) is 0. The van der Waals surface area contributed by atoms with Crippen LogP contribution in [0.5, 0.6) is 0 Å². The van der Waals surface area contributed by atoms with Gasteiger partial charge >= 0.3 is 0 Å². The lowest BCUT2D eigenvalue weighted by atomic mass is 9.78. The summed E-state index contributed by atoms with van der Waals surface area (Å²) in [5.74, 6) is 1.96. The first-order valence-electron chi connectivity index (χ1n) is 10.0. The van der Waals surface area contributed by atoms with Crippen LogP contribution in [0.3, 0.4) is 0 Å². The van der Waals surface area contributed by atoms with Crippen LogP contribution in [0.1, 0.15) is 77.0 Å². The zero-order valence-corrected chi connectivity index (χ0v) is 14.6. The van der Waals surface area contributed by atoms with Gasteiger partial charge in [-0.15, -0.1) is 0 Å². The molecule has 0 aromatic heterocycles. The van der Waals surface area contributed by atoms with Gasteiger partial charge in [0.2, 0.25) is 0 Å². The molecular formula is C20H33NO2. The maximum absolute atomic E-state index is 12.6. The molecule has 3 aliphatic rings. The van der Waals surface area contributed by atoms with Gasteiger partial charge in [-0.3, -0.25) is 14.5 Å². The van der Waals surface area contributed by atoms with E-state index in [0.29, 0.717) is 29.9 Å². The molecule has 0 spiro atoms. The number of hydrogen-bond donors (Lipinski definition) is 0. The Labute approximate surface area is 141 Å². The number of rotatable bonds is 5. The van der Waals surface area contributed by atoms with Crippen LogP contribution in [0.4, 0.5) is 0 Å². The topological polar surface area (TPSA) is 37.4 Å². The van der Waals surface area contributed by atoms with Crippen LogP contribution in [0.25, 0.3) is 0 Å². The molecule has 130 valence electrons. The molecule has 23 heavy (non-hydrogen) atoms. The van der Waals surface area contributed by atoms with Gasteiger partial charge in [0.25, 0.3) is 0 Å². The molecule has 3 rings (SSSR count). The second-order valence-electron chi connectivity index (χ2n) is 8.09. The van der Waals surface area contributed by atoms with E-state index in [0.717, 1.165) is 51.6 Å². The van der Waals surface area contributed by atoms with Gasteiger partial charge in [-0.25, -0.2) is 0 Å². The average Bonchev–Trinajstić information content (AvgIpc) is 2.63. The van der Waals surface area contributed by atoms with Crippen molar-refractivity contribution in [3.63, 3.8) is 0 Å². The lowest BCUT2D eigenvalue weighted by Gasteiger charge is -2.34. The van der Waals surface area contributed by atoms with E-state index in [1.807, 2.05) is 0 Å². The molecular weight excluding hydrogens is 286 g/mol. The van der Waals surface area contributed by atoms with Crippen LogP contribution in [0.15, 0.2) is 0 Å². The number of ketones is 2. The molecule has 2 aliphatic carbocycles. The number of nitrogens with zero attached hydrogens (tertiary/aromatic N) is 1. The van der Waals surface area contributed by atoms with Crippen LogP contribution in [-0.2, 0) is 9.59 Å². The van der Waals surface area contributed by atoms with Crippen LogP contribution < -0.4 is 0 Å². The molecule has 3 heteroatoms. The Morgan fingerprint density at radius 1 is 0.652 bits per heavy atom. The van der Waals surface area contributed by atoms with E-state index >= 15 is 0 Å². The number of carbonyl (C=O) groups is 2. The highest BCUT2D eigenvalue weighted by atomic mass is 16.1. The maximum Gasteiger partial charge on any atom is 0.149 e. The summed E-state index contributed by atoms with van der Waals surface area (Å²) >= 11 is 0. The summed E-state index contributed by atoms with van der Waals surface area (Å²) in [5.41, 5.74) is 0. The normalized spacial score (nSPS) is 26.3. The molecule has 3 nitrogen and oxygen atoms in total. The smallest absolute Gasteiger partial charge is 0.149 e. The number of piperidine rings is 1. The summed E-state index contributed by atoms with van der Waals surface area (Å²) < 4.78 is 0. The largest absolute Gasteiger partial charge is 0.299 e. The molecule has 1 saturated heterocycles. The Kier molecular flexibility index (Phi) is 6.27. The maximum atomic E-state index is 12.6. The van der Waals surface area contributed by atoms with Gasteiger partial charge in [-0.1, -0.05) is 38.5 Å². The number of carbonyl (C=O) groups excluding carboxylic acids is 2. The van der Waals surface area contributed by atoms with E-state index in [1.165, 1.54) is 38.5 Å². The second-order valence-corrected chi connectivity index (χ2v) is 8.09. The van der Waals surface area contributed by atoms with Crippen molar-refractivity contribution >= 4 is 11.6 Å². The second kappa shape index (κ2) is 8.41. The van der Waals surface area contributed by atoms with Crippen LogP contribution in [-0.4, -0.2) is 36.1 Å². The number of likely N-dealkylation sites (tertiary alicyclic amines) is 1. The molecule has 1 heterocycles. The van der Waals surface area contributed by atoms with Gasteiger partial charge in [0.15, 0.2) is 0 Å². The highest BCUT2D eigenvalue weighted by Crippen LogP contribution is 2.30. The quantitative estimate of drug-likeness (QED) is 0.768. The highest BCUT2D eigenvalue weighted by Gasteiger charge is 2.32. The third kappa shape index (κ3) is 4.65. The first kappa shape index (κ1) is 17.1. The first-order chi connectivity index (χ1) is 11.2. The fourth-order valence-electron chi connectivity index (χ4n) is 4.87. The van der Waals surface area contributed by atoms with E-state index in [9.17, 15) is 9.59 Å². The lowest BCUT2D eigenvalue weighted by molar-refractivity contribution is -0.129. The Morgan fingerprint density at radius 2 is 1.13 bits per heavy atom. The van der Waals surface area contributed by atoms with Gasteiger partial charge < -0.3 is 0 Å². The van der Waals surface area contributed by atoms with E-state index < -0.39 is 0 Å². The predicted octanol–water partition coefficient (Wildman–Crippen LogP) is 4.00. The summed E-state index contributed by atoms with van der Waals surface area (Å²) in [4.78, 5) is 27.4. The molecule has 0 amide bonds. The van der Waals surface area contributed by atoms with Crippen molar-refractivity contribution in [2.24, 2.45) is 17.8 Å². The SMILES string of the molecule is O=C(CN1CCC(C(=O)C2CCCCC2)CC1)C1CCCCC1. The van der Waals surface area contributed by atoms with E-state index in [-0.39, 0.29) is 5.92 Å². The minimum Gasteiger partial charge on any atom is -0.299 e. The predicted molar refractivity (Wildman–Crippen MR) is 92.3 cm³/mol. The van der Waals surface area contributed by atoms with Gasteiger partial charge in [0.05, 0.1) is 6.54 Å². The highest BCUT2D eigenvalue weighted by molar-refractivity contribution is 5.84. The average molecular weight is 319 g/mol. The zero-order chi connectivity index (χ0) is 16.1. The molecule has 2 saturated carbocycles. The van der Waals surface area contributed by atoms with Crippen LogP contribution in [0.2, 0.25) is 0 Å². The molecule has 1 aliphatic heterocycles. The Morgan fingerprint density at radius 3 is 1.70 bits per heavy atom. The Balaban J connectivity index is 1.41. The number of hydrogen-bond acceptors (Lipinski definition) is 3. The third-order valence-corrected chi connectivity index (χ3v) is 6.44. The van der Waals surface area contributed by atoms with E-state index in [2.05, 4.69) is 4.90 Å². The van der Waals surface area contributed by atoms with Crippen molar-refractivity contribution in [1.29, 1.82) is 0 Å². The van der Waals surface area contributed by atoms with Crippen molar-refractivity contribution in [3.8, 4) is 0 Å². The minimum atomic E-state index is 0.277. The van der Waals surface area contributed by atoms with Gasteiger partial charge in [0.1, 0.15) is 11.6 Å². The number of Topliss-reactive ketones (excluding diaryl/α,β-unsaturated/α-hetero) is 2. The third-order valence-electron chi connectivity index (χ3n) is 6.44. The van der Waals surface area contributed by atoms with E-state index in [4.69, 9.17) is 0 Å². The summed E-state index contributed by atoms with van der Waals surface area (Å²) in [6.07, 6.45) is 14.0. The van der Waals surface area contributed by atoms with Crippen molar-refractivity contribution in [3.05, 3.63) is 0 Å². The molecule has 0 bridgehead atoms. The van der Waals surface area contributed by atoms with Gasteiger partial charge in [0, 0.05) is 17.8 Å². The van der Waals surface area contributed by atoms with Crippen molar-refractivity contribution in [1.82, 2.24) is 4.90 Å². The molecule has 0 aromatic rings. The molecule has 0 aromatic carbocycles. The van der Waals surface area contributed by atoms with Gasteiger partial charge in [-0.2, -0.15) is 0 Å². The van der Waals surface area contributed by atoms with Crippen molar-refractivity contribution < 1.29 is 9.59 Å². The van der Waals surface area contributed by atoms with Gasteiger partial charge in [-0.05, 0) is 51.6 Å². The summed E-state index contributed by atoms with van der Waals surface area (Å²) in [7, 11) is 0. The fourth-order valence-corrected chi connectivity index (χ4v) is 4.87. The standard InChI is InChI=1S/C20H33NO2/c22-19(16-7-3-1-4-8-16)15-21-13-11-18(12-14-21)20(23)17-9-5-2-6-10-17/h16-18H,1-15H2. The minimum absolute atomic E-state index is 0.277. The van der Waals surface area contributed by atoms with Crippen molar-refractivity contribution in [2.75, 3.05) is 19.6 Å². The molecule has 0 radical (unpaired) electrons. The summed E-state index contributed by atoms with van der Waals surface area (Å²) in [6.45, 7) is 2.53. The molecule has 0 N–H and O–H groups in total. The molecule has 0 atom stereocenters. The van der Waals surface area contributed by atoms with Crippen LogP contribution >= 0.6 is 0 Å². The first-order valence-corrected chi connectivity index (χ1v) is 10.0. The summed E-state index contributed by atoms with van der Waals surface area (Å²) in [5, 5.41) is 0. The fraction of sp³-hybridized carbons (Fsp3) is 0.900. The van der Waals surface area contributed by atoms with Crippen LogP contribution in [0, 0.1) is 17.8 Å². The van der Waals surface area contributed by atoms with Crippen molar-refractivity contribution in [2.45, 2.75) is 77.0 Å². The Hall–Kier alpha value is -0.700. The monoisotopic (exact) mass is 319 g/mol. The Bertz CT molecular complexity index is 400. The van der Waals surface area contributed by atoms with E-state index in [1.54, 1.807) is 0 Å². The lowest BCUT2D eigenvalue weighted by Crippen LogP contribution is -2.42. The zero-order valence-electron chi connectivity index (χ0n) is 14.6.